The minimum Gasteiger partial charge on any atom is -0.325 e. The van der Waals surface area contributed by atoms with Gasteiger partial charge in [-0.1, -0.05) is 6.07 Å². The van der Waals surface area contributed by atoms with E-state index < -0.39 is 0 Å². The Kier molecular flexibility index (Phi) is 1.61. The zero-order valence-corrected chi connectivity index (χ0v) is 6.76. The van der Waals surface area contributed by atoms with Gasteiger partial charge in [0.05, 0.1) is 0 Å². The molecule has 0 amide bonds. The van der Waals surface area contributed by atoms with E-state index in [-0.39, 0.29) is 11.5 Å². The molecule has 0 saturated heterocycles. The first-order valence-electron chi connectivity index (χ1n) is 4.08. The average molecular weight is 166 g/mol. The van der Waals surface area contributed by atoms with Gasteiger partial charge in [-0.3, -0.25) is 0 Å². The van der Waals surface area contributed by atoms with Crippen LogP contribution >= 0.6 is 0 Å². The molecule has 1 saturated carbocycles. The van der Waals surface area contributed by atoms with E-state index in [2.05, 4.69) is 4.98 Å². The number of pyridine rings is 1. The molecule has 2 nitrogen and oxygen atoms in total. The van der Waals surface area contributed by atoms with Gasteiger partial charge in [0, 0.05) is 17.3 Å². The van der Waals surface area contributed by atoms with Gasteiger partial charge < -0.3 is 5.73 Å². The molecule has 1 heterocycles. The number of halogens is 1. The van der Waals surface area contributed by atoms with Crippen LogP contribution in [0.3, 0.4) is 0 Å². The van der Waals surface area contributed by atoms with Crippen LogP contribution in [0.1, 0.15) is 18.4 Å². The fourth-order valence-corrected chi connectivity index (χ4v) is 1.27. The molecule has 1 aromatic rings. The van der Waals surface area contributed by atoms with Crippen molar-refractivity contribution in [1.29, 1.82) is 0 Å². The van der Waals surface area contributed by atoms with E-state index in [9.17, 15) is 4.39 Å². The molecule has 1 fully saturated rings. The molecule has 1 aliphatic carbocycles. The maximum absolute atomic E-state index is 13.0. The summed E-state index contributed by atoms with van der Waals surface area (Å²) in [5, 5.41) is 0. The van der Waals surface area contributed by atoms with Gasteiger partial charge in [0.1, 0.15) is 0 Å². The molecule has 0 unspecified atom stereocenters. The van der Waals surface area contributed by atoms with E-state index in [1.165, 1.54) is 6.20 Å². The minimum atomic E-state index is -0.380. The van der Waals surface area contributed by atoms with Crippen LogP contribution in [-0.4, -0.2) is 10.5 Å². The molecule has 0 radical (unpaired) electrons. The molecule has 0 atom stereocenters. The number of hydrogen-bond donors (Lipinski definition) is 1. The maximum Gasteiger partial charge on any atom is 0.216 e. The van der Waals surface area contributed by atoms with Crippen molar-refractivity contribution in [2.75, 3.05) is 0 Å². The smallest absolute Gasteiger partial charge is 0.216 e. The monoisotopic (exact) mass is 166 g/mol. The van der Waals surface area contributed by atoms with Gasteiger partial charge >= 0.3 is 0 Å². The molecule has 64 valence electrons. The predicted octanol–water partition coefficient (Wildman–Crippen LogP) is 1.25. The van der Waals surface area contributed by atoms with Gasteiger partial charge in [-0.15, -0.1) is 0 Å². The predicted molar refractivity (Wildman–Crippen MR) is 44.1 cm³/mol. The number of aromatic nitrogens is 1. The lowest BCUT2D eigenvalue weighted by molar-refractivity contribution is 0.547. The van der Waals surface area contributed by atoms with Crippen molar-refractivity contribution in [3.63, 3.8) is 0 Å². The zero-order chi connectivity index (χ0) is 8.60. The first-order valence-corrected chi connectivity index (χ1v) is 4.08. The Morgan fingerprint density at radius 1 is 1.58 bits per heavy atom. The van der Waals surface area contributed by atoms with Crippen molar-refractivity contribution in [2.24, 2.45) is 5.73 Å². The Morgan fingerprint density at radius 3 is 2.92 bits per heavy atom. The fourth-order valence-electron chi connectivity index (χ4n) is 1.27. The van der Waals surface area contributed by atoms with Crippen LogP contribution in [0.15, 0.2) is 18.3 Å². The first kappa shape index (κ1) is 7.68. The second kappa shape index (κ2) is 2.52. The van der Waals surface area contributed by atoms with E-state index in [0.29, 0.717) is 12.0 Å². The van der Waals surface area contributed by atoms with E-state index in [1.54, 1.807) is 12.1 Å². The summed E-state index contributed by atoms with van der Waals surface area (Å²) >= 11 is 0. The minimum absolute atomic E-state index is 0.135. The van der Waals surface area contributed by atoms with Gasteiger partial charge in [-0.25, -0.2) is 4.98 Å². The van der Waals surface area contributed by atoms with Gasteiger partial charge in [0.15, 0.2) is 0 Å². The summed E-state index contributed by atoms with van der Waals surface area (Å²) in [6.07, 6.45) is 4.07. The summed E-state index contributed by atoms with van der Waals surface area (Å²) in [5.74, 6) is -0.380. The van der Waals surface area contributed by atoms with Crippen LogP contribution in [0.2, 0.25) is 0 Å². The molecule has 1 aromatic heterocycles. The highest BCUT2D eigenvalue weighted by Gasteiger charge is 2.38. The van der Waals surface area contributed by atoms with Gasteiger partial charge in [-0.2, -0.15) is 4.39 Å². The lowest BCUT2D eigenvalue weighted by atomic mass is 10.1. The van der Waals surface area contributed by atoms with E-state index in [0.717, 1.165) is 12.8 Å². The average Bonchev–Trinajstić information content (AvgIpc) is 2.74. The lowest BCUT2D eigenvalue weighted by Crippen LogP contribution is -2.25. The number of rotatable bonds is 2. The topological polar surface area (TPSA) is 38.9 Å². The SMILES string of the molecule is NC1(Cc2cccnc2F)CC1. The van der Waals surface area contributed by atoms with E-state index >= 15 is 0 Å². The molecule has 0 aliphatic heterocycles. The van der Waals surface area contributed by atoms with Crippen LogP contribution in [-0.2, 0) is 6.42 Å². The van der Waals surface area contributed by atoms with Crippen LogP contribution in [0, 0.1) is 5.95 Å². The van der Waals surface area contributed by atoms with Crippen LogP contribution in [0.5, 0.6) is 0 Å². The lowest BCUT2D eigenvalue weighted by Gasteiger charge is -2.07. The Bertz CT molecular complexity index is 294. The highest BCUT2D eigenvalue weighted by atomic mass is 19.1. The Morgan fingerprint density at radius 2 is 2.33 bits per heavy atom. The van der Waals surface area contributed by atoms with Crippen molar-refractivity contribution >= 4 is 0 Å². The highest BCUT2D eigenvalue weighted by Crippen LogP contribution is 2.35. The van der Waals surface area contributed by atoms with Gasteiger partial charge in [-0.05, 0) is 25.3 Å². The third-order valence-electron chi connectivity index (χ3n) is 2.27. The summed E-state index contributed by atoms with van der Waals surface area (Å²) in [4.78, 5) is 3.57. The first-order chi connectivity index (χ1) is 5.70. The van der Waals surface area contributed by atoms with Crippen LogP contribution < -0.4 is 5.73 Å². The van der Waals surface area contributed by atoms with E-state index in [1.807, 2.05) is 0 Å². The Hall–Kier alpha value is -0.960. The van der Waals surface area contributed by atoms with E-state index in [4.69, 9.17) is 5.73 Å². The molecule has 3 heteroatoms. The highest BCUT2D eigenvalue weighted by molar-refractivity contribution is 5.18. The van der Waals surface area contributed by atoms with Gasteiger partial charge in [0.2, 0.25) is 5.95 Å². The van der Waals surface area contributed by atoms with Crippen molar-refractivity contribution in [3.05, 3.63) is 29.8 Å². The molecular weight excluding hydrogens is 155 g/mol. The Labute approximate surface area is 70.6 Å². The number of nitrogens with zero attached hydrogens (tertiary/aromatic N) is 1. The third-order valence-corrected chi connectivity index (χ3v) is 2.27. The van der Waals surface area contributed by atoms with Crippen LogP contribution in [0.25, 0.3) is 0 Å². The molecule has 0 aromatic carbocycles. The summed E-state index contributed by atoms with van der Waals surface area (Å²) in [6, 6.07) is 3.49. The number of hydrogen-bond acceptors (Lipinski definition) is 2. The number of nitrogens with two attached hydrogens (primary N) is 1. The Balaban J connectivity index is 2.17. The second-order valence-electron chi connectivity index (χ2n) is 3.49. The summed E-state index contributed by atoms with van der Waals surface area (Å²) in [7, 11) is 0. The molecule has 2 N–H and O–H groups in total. The van der Waals surface area contributed by atoms with Crippen molar-refractivity contribution in [2.45, 2.75) is 24.8 Å². The normalized spacial score (nSPS) is 19.2. The third kappa shape index (κ3) is 1.46. The summed E-state index contributed by atoms with van der Waals surface area (Å²) in [5.41, 5.74) is 6.35. The zero-order valence-electron chi connectivity index (χ0n) is 6.76. The van der Waals surface area contributed by atoms with Gasteiger partial charge in [0.25, 0.3) is 0 Å². The molecule has 2 rings (SSSR count). The van der Waals surface area contributed by atoms with Crippen molar-refractivity contribution < 1.29 is 4.39 Å². The molecule has 0 spiro atoms. The van der Waals surface area contributed by atoms with Crippen LogP contribution in [0.4, 0.5) is 4.39 Å². The molecular formula is C9H11FN2. The maximum atomic E-state index is 13.0. The largest absolute Gasteiger partial charge is 0.325 e. The summed E-state index contributed by atoms with van der Waals surface area (Å²) in [6.45, 7) is 0. The molecule has 0 bridgehead atoms. The standard InChI is InChI=1S/C9H11FN2/c10-8-7(2-1-5-12-8)6-9(11)3-4-9/h1-2,5H,3-4,6,11H2. The summed E-state index contributed by atoms with van der Waals surface area (Å²) < 4.78 is 13.0. The second-order valence-corrected chi connectivity index (χ2v) is 3.49. The quantitative estimate of drug-likeness (QED) is 0.671. The van der Waals surface area contributed by atoms with Crippen molar-refractivity contribution in [3.8, 4) is 0 Å². The molecule has 12 heavy (non-hydrogen) atoms. The molecule has 1 aliphatic rings. The van der Waals surface area contributed by atoms with Crippen molar-refractivity contribution in [1.82, 2.24) is 4.98 Å². The fraction of sp³-hybridized carbons (Fsp3) is 0.444.